The molecule has 1 saturated carbocycles. The molecule has 4 rings (SSSR count). The van der Waals surface area contributed by atoms with E-state index in [1.807, 2.05) is 60.7 Å². The topological polar surface area (TPSA) is 50.7 Å². The Hall–Kier alpha value is -3.40. The van der Waals surface area contributed by atoms with E-state index in [9.17, 15) is 4.79 Å². The van der Waals surface area contributed by atoms with Crippen LogP contribution in [0, 0.1) is 5.92 Å². The maximum atomic E-state index is 13.0. The van der Waals surface area contributed by atoms with Crippen LogP contribution in [0.1, 0.15) is 42.9 Å². The van der Waals surface area contributed by atoms with Crippen LogP contribution in [0.2, 0.25) is 0 Å². The van der Waals surface area contributed by atoms with Crippen molar-refractivity contribution in [3.63, 3.8) is 0 Å². The number of nitrogens with zero attached hydrogens (tertiary/aromatic N) is 1. The quantitative estimate of drug-likeness (QED) is 0.294. The maximum Gasteiger partial charge on any atom is 0.244 e. The number of amides is 1. The molecule has 0 aliphatic heterocycles. The minimum absolute atomic E-state index is 0.0617. The van der Waals surface area contributed by atoms with Crippen LogP contribution in [-0.4, -0.2) is 18.7 Å². The molecule has 0 unspecified atom stereocenters. The van der Waals surface area contributed by atoms with Gasteiger partial charge in [0.15, 0.2) is 0 Å². The first kappa shape index (κ1) is 20.9. The average Bonchev–Trinajstić information content (AvgIpc) is 3.59. The number of carbonyl (C=O) groups excluding carboxylic acids is 1. The second-order valence-corrected chi connectivity index (χ2v) is 7.93. The van der Waals surface area contributed by atoms with E-state index >= 15 is 0 Å². The Balaban J connectivity index is 1.47. The van der Waals surface area contributed by atoms with Crippen molar-refractivity contribution in [1.29, 1.82) is 0 Å². The SMILES string of the molecule is CCCCOc1ccccc1/C=N\NC(=O)[C@H]1CC1(c1ccccc1)c1ccccc1. The highest BCUT2D eigenvalue weighted by atomic mass is 16.5. The number of hydrogen-bond donors (Lipinski definition) is 1. The van der Waals surface area contributed by atoms with Gasteiger partial charge in [-0.15, -0.1) is 0 Å². The molecule has 1 aliphatic rings. The summed E-state index contributed by atoms with van der Waals surface area (Å²) in [6.45, 7) is 2.81. The van der Waals surface area contributed by atoms with Gasteiger partial charge in [0.1, 0.15) is 5.75 Å². The molecule has 31 heavy (non-hydrogen) atoms. The number of ether oxygens (including phenoxy) is 1. The number of carbonyl (C=O) groups is 1. The smallest absolute Gasteiger partial charge is 0.244 e. The molecule has 0 saturated heterocycles. The monoisotopic (exact) mass is 412 g/mol. The lowest BCUT2D eigenvalue weighted by Crippen LogP contribution is -2.25. The maximum absolute atomic E-state index is 13.0. The number of para-hydroxylation sites is 1. The summed E-state index contributed by atoms with van der Waals surface area (Å²) >= 11 is 0. The first-order chi connectivity index (χ1) is 15.3. The Labute approximate surface area is 184 Å². The molecule has 1 fully saturated rings. The Bertz CT molecular complexity index is 992. The summed E-state index contributed by atoms with van der Waals surface area (Å²) in [6.07, 6.45) is 4.52. The fourth-order valence-corrected chi connectivity index (χ4v) is 4.14. The highest BCUT2D eigenvalue weighted by Crippen LogP contribution is 2.58. The molecule has 1 atom stereocenters. The predicted molar refractivity (Wildman–Crippen MR) is 124 cm³/mol. The van der Waals surface area contributed by atoms with Gasteiger partial charge in [-0.05, 0) is 36.1 Å². The third kappa shape index (κ3) is 4.53. The third-order valence-electron chi connectivity index (χ3n) is 5.91. The molecule has 1 aliphatic carbocycles. The molecule has 0 spiro atoms. The highest BCUT2D eigenvalue weighted by molar-refractivity contribution is 5.88. The molecule has 3 aromatic rings. The number of rotatable bonds is 9. The second-order valence-electron chi connectivity index (χ2n) is 7.93. The molecule has 4 nitrogen and oxygen atoms in total. The Morgan fingerprint density at radius 3 is 2.26 bits per heavy atom. The summed E-state index contributed by atoms with van der Waals surface area (Å²) in [5.74, 6) is 0.571. The van der Waals surface area contributed by atoms with E-state index in [2.05, 4.69) is 41.7 Å². The molecule has 0 aromatic heterocycles. The van der Waals surface area contributed by atoms with E-state index in [0.717, 1.165) is 30.6 Å². The number of unbranched alkanes of at least 4 members (excludes halogenated alkanes) is 1. The van der Waals surface area contributed by atoms with Crippen molar-refractivity contribution in [1.82, 2.24) is 5.43 Å². The van der Waals surface area contributed by atoms with Crippen LogP contribution in [0.3, 0.4) is 0 Å². The highest BCUT2D eigenvalue weighted by Gasteiger charge is 2.60. The number of hydrogen-bond acceptors (Lipinski definition) is 3. The van der Waals surface area contributed by atoms with Gasteiger partial charge in [0.05, 0.1) is 18.7 Å². The molecule has 158 valence electrons. The Morgan fingerprint density at radius 2 is 1.61 bits per heavy atom. The van der Waals surface area contributed by atoms with Gasteiger partial charge in [-0.2, -0.15) is 5.10 Å². The van der Waals surface area contributed by atoms with Crippen molar-refractivity contribution in [2.24, 2.45) is 11.0 Å². The van der Waals surface area contributed by atoms with Crippen LogP contribution >= 0.6 is 0 Å². The first-order valence-corrected chi connectivity index (χ1v) is 10.9. The van der Waals surface area contributed by atoms with Gasteiger partial charge in [-0.1, -0.05) is 86.1 Å². The zero-order valence-electron chi connectivity index (χ0n) is 17.8. The van der Waals surface area contributed by atoms with Gasteiger partial charge in [-0.3, -0.25) is 4.79 Å². The summed E-state index contributed by atoms with van der Waals surface area (Å²) in [7, 11) is 0. The minimum Gasteiger partial charge on any atom is -0.493 e. The molecule has 1 amide bonds. The number of nitrogens with one attached hydrogen (secondary N) is 1. The van der Waals surface area contributed by atoms with Crippen molar-refractivity contribution in [2.75, 3.05) is 6.61 Å². The fraction of sp³-hybridized carbons (Fsp3) is 0.259. The molecule has 4 heteroatoms. The van der Waals surface area contributed by atoms with E-state index in [-0.39, 0.29) is 17.2 Å². The first-order valence-electron chi connectivity index (χ1n) is 10.9. The van der Waals surface area contributed by atoms with E-state index in [4.69, 9.17) is 4.74 Å². The summed E-state index contributed by atoms with van der Waals surface area (Å²) in [5.41, 5.74) is 5.66. The zero-order valence-corrected chi connectivity index (χ0v) is 17.8. The molecule has 3 aromatic carbocycles. The Kier molecular flexibility index (Phi) is 6.46. The molecular weight excluding hydrogens is 384 g/mol. The van der Waals surface area contributed by atoms with Gasteiger partial charge >= 0.3 is 0 Å². The van der Waals surface area contributed by atoms with Crippen LogP contribution in [0.25, 0.3) is 0 Å². The summed E-state index contributed by atoms with van der Waals surface area (Å²) in [6, 6.07) is 28.3. The molecule has 0 heterocycles. The van der Waals surface area contributed by atoms with Gasteiger partial charge in [0.2, 0.25) is 5.91 Å². The normalized spacial score (nSPS) is 16.7. The van der Waals surface area contributed by atoms with Crippen LogP contribution in [0.4, 0.5) is 0 Å². The summed E-state index contributed by atoms with van der Waals surface area (Å²) < 4.78 is 5.84. The summed E-state index contributed by atoms with van der Waals surface area (Å²) in [5, 5.41) is 4.24. The van der Waals surface area contributed by atoms with E-state index in [1.165, 1.54) is 11.1 Å². The second kappa shape index (κ2) is 9.61. The van der Waals surface area contributed by atoms with Crippen LogP contribution < -0.4 is 10.2 Å². The standard InChI is InChI=1S/C27H28N2O2/c1-2-3-18-31-25-17-11-10-12-21(25)20-28-29-26(30)24-19-27(24,22-13-6-4-7-14-22)23-15-8-5-9-16-23/h4-17,20,24H,2-3,18-19H2,1H3,(H,29,30)/b28-20-/t24-/m1/s1. The van der Waals surface area contributed by atoms with Gasteiger partial charge in [0.25, 0.3) is 0 Å². The predicted octanol–water partition coefficient (Wildman–Crippen LogP) is 5.32. The van der Waals surface area contributed by atoms with Crippen LogP contribution in [0.5, 0.6) is 5.75 Å². The molecular formula is C27H28N2O2. The molecule has 1 N–H and O–H groups in total. The van der Waals surface area contributed by atoms with Crippen LogP contribution in [0.15, 0.2) is 90.0 Å². The summed E-state index contributed by atoms with van der Waals surface area (Å²) in [4.78, 5) is 13.0. The van der Waals surface area contributed by atoms with Crippen molar-refractivity contribution < 1.29 is 9.53 Å². The lowest BCUT2D eigenvalue weighted by atomic mass is 9.85. The largest absolute Gasteiger partial charge is 0.493 e. The zero-order chi connectivity index (χ0) is 21.5. The molecule has 0 radical (unpaired) electrons. The lowest BCUT2D eigenvalue weighted by Gasteiger charge is -2.18. The molecule has 0 bridgehead atoms. The number of benzene rings is 3. The third-order valence-corrected chi connectivity index (χ3v) is 5.91. The van der Waals surface area contributed by atoms with Gasteiger partial charge < -0.3 is 4.74 Å². The Morgan fingerprint density at radius 1 is 1.00 bits per heavy atom. The van der Waals surface area contributed by atoms with Crippen LogP contribution in [-0.2, 0) is 10.2 Å². The van der Waals surface area contributed by atoms with E-state index in [0.29, 0.717) is 6.61 Å². The van der Waals surface area contributed by atoms with Crippen molar-refractivity contribution in [2.45, 2.75) is 31.6 Å². The lowest BCUT2D eigenvalue weighted by molar-refractivity contribution is -0.122. The van der Waals surface area contributed by atoms with Crippen molar-refractivity contribution in [3.05, 3.63) is 102 Å². The van der Waals surface area contributed by atoms with Gasteiger partial charge in [0, 0.05) is 11.0 Å². The van der Waals surface area contributed by atoms with Crippen molar-refractivity contribution in [3.8, 4) is 5.75 Å². The fourth-order valence-electron chi connectivity index (χ4n) is 4.14. The van der Waals surface area contributed by atoms with Gasteiger partial charge in [-0.25, -0.2) is 5.43 Å². The van der Waals surface area contributed by atoms with Crippen molar-refractivity contribution >= 4 is 12.1 Å². The average molecular weight is 413 g/mol. The minimum atomic E-state index is -0.288. The van der Waals surface area contributed by atoms with E-state index in [1.54, 1.807) is 6.21 Å². The van der Waals surface area contributed by atoms with E-state index < -0.39 is 0 Å². The number of hydrazone groups is 1.